The molecule has 0 atom stereocenters. The van der Waals surface area contributed by atoms with E-state index in [1.807, 2.05) is 0 Å². The average Bonchev–Trinajstić information content (AvgIpc) is 3.14. The number of guanidine groups is 1. The van der Waals surface area contributed by atoms with Crippen LogP contribution in [0.4, 0.5) is 19.0 Å². The Morgan fingerprint density at radius 2 is 2.11 bits per heavy atom. The largest absolute Gasteiger partial charge is 0.459 e. The molecule has 0 aromatic carbocycles. The summed E-state index contributed by atoms with van der Waals surface area (Å²) in [4.78, 5) is 19.1. The van der Waals surface area contributed by atoms with Gasteiger partial charge in [-0.25, -0.2) is 9.98 Å². The lowest BCUT2D eigenvalue weighted by Gasteiger charge is -2.08. The van der Waals surface area contributed by atoms with Crippen molar-refractivity contribution >= 4 is 29.4 Å². The summed E-state index contributed by atoms with van der Waals surface area (Å²) in [6.07, 6.45) is -2.98. The lowest BCUT2D eigenvalue weighted by Crippen LogP contribution is -2.26. The average molecular weight is 401 g/mol. The molecule has 7 nitrogen and oxygen atoms in total. The second-order valence-electron chi connectivity index (χ2n) is 5.24. The molecule has 0 unspecified atom stereocenters. The number of furan rings is 1. The van der Waals surface area contributed by atoms with Crippen molar-refractivity contribution in [2.45, 2.75) is 11.9 Å². The Labute approximate surface area is 157 Å². The maximum Gasteiger partial charge on any atom is 0.408 e. The third-order valence-corrected chi connectivity index (χ3v) is 4.01. The first kappa shape index (κ1) is 20.6. The van der Waals surface area contributed by atoms with Crippen molar-refractivity contribution in [2.75, 3.05) is 24.2 Å². The quantitative estimate of drug-likeness (QED) is 0.357. The van der Waals surface area contributed by atoms with Crippen molar-refractivity contribution in [1.29, 1.82) is 0 Å². The van der Waals surface area contributed by atoms with E-state index in [0.717, 1.165) is 0 Å². The number of pyridine rings is 1. The summed E-state index contributed by atoms with van der Waals surface area (Å²) in [5.41, 5.74) is 6.13. The molecule has 2 rings (SSSR count). The number of anilines is 1. The number of nitrogens with zero attached hydrogens (tertiary/aromatic N) is 2. The molecule has 2 aromatic rings. The predicted octanol–water partition coefficient (Wildman–Crippen LogP) is 2.63. The normalized spacial score (nSPS) is 12.0. The van der Waals surface area contributed by atoms with Crippen molar-refractivity contribution in [3.05, 3.63) is 48.0 Å². The molecule has 11 heteroatoms. The minimum absolute atomic E-state index is 0.255. The highest BCUT2D eigenvalue weighted by molar-refractivity contribution is 7.98. The second-order valence-corrected chi connectivity index (χ2v) is 6.35. The number of aliphatic imine (C=N–C) groups is 1. The zero-order valence-electron chi connectivity index (χ0n) is 14.1. The number of halogens is 3. The van der Waals surface area contributed by atoms with E-state index in [9.17, 15) is 18.0 Å². The Bertz CT molecular complexity index is 766. The highest BCUT2D eigenvalue weighted by Gasteiger charge is 2.26. The molecule has 0 bridgehead atoms. The summed E-state index contributed by atoms with van der Waals surface area (Å²) in [7, 11) is 0. The minimum Gasteiger partial charge on any atom is -0.459 e. The molecule has 2 aromatic heterocycles. The molecular formula is C16H18F3N5O2S. The van der Waals surface area contributed by atoms with Gasteiger partial charge < -0.3 is 20.8 Å². The van der Waals surface area contributed by atoms with Crippen LogP contribution >= 0.6 is 11.8 Å². The van der Waals surface area contributed by atoms with Gasteiger partial charge in [-0.3, -0.25) is 4.79 Å². The van der Waals surface area contributed by atoms with Crippen molar-refractivity contribution < 1.29 is 22.4 Å². The summed E-state index contributed by atoms with van der Waals surface area (Å²) in [5, 5.41) is 5.25. The van der Waals surface area contributed by atoms with Crippen LogP contribution in [-0.2, 0) is 5.75 Å². The van der Waals surface area contributed by atoms with E-state index >= 15 is 0 Å². The van der Waals surface area contributed by atoms with Crippen LogP contribution in [0.5, 0.6) is 0 Å². The van der Waals surface area contributed by atoms with Gasteiger partial charge in [-0.2, -0.15) is 24.9 Å². The number of hydrogen-bond donors (Lipinski definition) is 3. The van der Waals surface area contributed by atoms with Crippen molar-refractivity contribution in [2.24, 2.45) is 10.7 Å². The molecule has 0 radical (unpaired) electrons. The molecule has 0 aliphatic carbocycles. The third-order valence-electron chi connectivity index (χ3n) is 3.02. The molecule has 0 aliphatic rings. The summed E-state index contributed by atoms with van der Waals surface area (Å²) in [5.74, 6) is 1.14. The van der Waals surface area contributed by atoms with Crippen LogP contribution in [0.1, 0.15) is 16.2 Å². The number of amides is 1. The molecule has 0 aliphatic heterocycles. The predicted molar refractivity (Wildman–Crippen MR) is 97.6 cm³/mol. The van der Waals surface area contributed by atoms with Crippen LogP contribution in [0.25, 0.3) is 0 Å². The summed E-state index contributed by atoms with van der Waals surface area (Å²) >= 11 is 1.54. The number of alkyl halides is 3. The molecule has 2 heterocycles. The van der Waals surface area contributed by atoms with Gasteiger partial charge in [-0.05, 0) is 24.3 Å². The van der Waals surface area contributed by atoms with Gasteiger partial charge in [0.1, 0.15) is 12.4 Å². The topological polar surface area (TPSA) is 106 Å². The Kier molecular flexibility index (Phi) is 7.53. The molecule has 1 amide bonds. The van der Waals surface area contributed by atoms with Crippen molar-refractivity contribution in [3.8, 4) is 0 Å². The maximum absolute atomic E-state index is 12.1. The van der Waals surface area contributed by atoms with Crippen LogP contribution in [-0.4, -0.2) is 41.9 Å². The summed E-state index contributed by atoms with van der Waals surface area (Å²) in [6.45, 7) is -0.899. The van der Waals surface area contributed by atoms with E-state index in [1.54, 1.807) is 42.1 Å². The van der Waals surface area contributed by atoms with Gasteiger partial charge in [0, 0.05) is 18.1 Å². The smallest absolute Gasteiger partial charge is 0.408 e. The SMILES string of the molecule is NC(=NCC(F)(F)F)Nc1cccc(CSCCNC(=O)c2ccco2)n1. The molecule has 0 fully saturated rings. The molecule has 0 saturated carbocycles. The van der Waals surface area contributed by atoms with E-state index in [-0.39, 0.29) is 17.6 Å². The van der Waals surface area contributed by atoms with Crippen LogP contribution in [0.15, 0.2) is 46.0 Å². The van der Waals surface area contributed by atoms with Crippen molar-refractivity contribution in [1.82, 2.24) is 10.3 Å². The fourth-order valence-corrected chi connectivity index (χ4v) is 2.64. The van der Waals surface area contributed by atoms with Crippen LogP contribution in [0.2, 0.25) is 0 Å². The number of nitrogens with one attached hydrogen (secondary N) is 2. The number of hydrogen-bond acceptors (Lipinski definition) is 5. The lowest BCUT2D eigenvalue weighted by atomic mass is 10.4. The molecular weight excluding hydrogens is 383 g/mol. The maximum atomic E-state index is 12.1. The number of thioether (sulfide) groups is 1. The van der Waals surface area contributed by atoms with Crippen LogP contribution < -0.4 is 16.4 Å². The first-order chi connectivity index (χ1) is 12.8. The molecule has 0 spiro atoms. The zero-order valence-corrected chi connectivity index (χ0v) is 14.9. The Morgan fingerprint density at radius 1 is 1.30 bits per heavy atom. The number of aromatic nitrogens is 1. The van der Waals surface area contributed by atoms with Gasteiger partial charge in [0.05, 0.1) is 12.0 Å². The highest BCUT2D eigenvalue weighted by atomic mass is 32.2. The van der Waals surface area contributed by atoms with Gasteiger partial charge in [0.25, 0.3) is 5.91 Å². The van der Waals surface area contributed by atoms with E-state index in [4.69, 9.17) is 10.2 Å². The second kappa shape index (κ2) is 9.86. The van der Waals surface area contributed by atoms with Gasteiger partial charge in [0.2, 0.25) is 0 Å². The molecule has 146 valence electrons. The standard InChI is InChI=1S/C16H18F3N5O2S/c17-16(18,19)10-22-15(20)24-13-5-1-3-11(23-13)9-27-8-6-21-14(25)12-4-2-7-26-12/h1-5,7H,6,8-10H2,(H,21,25)(H3,20,22,23,24). The van der Waals surface area contributed by atoms with E-state index in [0.29, 0.717) is 29.6 Å². The van der Waals surface area contributed by atoms with E-state index in [2.05, 4.69) is 20.6 Å². The van der Waals surface area contributed by atoms with Gasteiger partial charge in [0.15, 0.2) is 11.7 Å². The van der Waals surface area contributed by atoms with Gasteiger partial charge >= 0.3 is 6.18 Å². The van der Waals surface area contributed by atoms with Gasteiger partial charge in [-0.15, -0.1) is 0 Å². The number of carbonyl (C=O) groups is 1. The fraction of sp³-hybridized carbons (Fsp3) is 0.312. The first-order valence-corrected chi connectivity index (χ1v) is 8.98. The lowest BCUT2D eigenvalue weighted by molar-refractivity contribution is -0.118. The van der Waals surface area contributed by atoms with Gasteiger partial charge in [-0.1, -0.05) is 6.07 Å². The molecule has 4 N–H and O–H groups in total. The third kappa shape index (κ3) is 8.03. The first-order valence-electron chi connectivity index (χ1n) is 7.82. The number of rotatable bonds is 8. The van der Waals surface area contributed by atoms with Crippen molar-refractivity contribution in [3.63, 3.8) is 0 Å². The molecule has 0 saturated heterocycles. The Hall–Kier alpha value is -2.69. The van der Waals surface area contributed by atoms with Crippen LogP contribution in [0, 0.1) is 0 Å². The Morgan fingerprint density at radius 3 is 2.81 bits per heavy atom. The van der Waals surface area contributed by atoms with E-state index < -0.39 is 12.7 Å². The fourth-order valence-electron chi connectivity index (χ4n) is 1.88. The monoisotopic (exact) mass is 401 g/mol. The molecule has 27 heavy (non-hydrogen) atoms. The summed E-state index contributed by atoms with van der Waals surface area (Å²) < 4.78 is 41.3. The zero-order chi connectivity index (χ0) is 19.7. The van der Waals surface area contributed by atoms with E-state index in [1.165, 1.54) is 6.26 Å². The minimum atomic E-state index is -4.41. The number of carbonyl (C=O) groups excluding carboxylic acids is 1. The Balaban J connectivity index is 1.73. The van der Waals surface area contributed by atoms with Crippen LogP contribution in [0.3, 0.4) is 0 Å². The number of nitrogens with two attached hydrogens (primary N) is 1. The summed E-state index contributed by atoms with van der Waals surface area (Å²) in [6, 6.07) is 8.28. The highest BCUT2D eigenvalue weighted by Crippen LogP contribution is 2.15.